The summed E-state index contributed by atoms with van der Waals surface area (Å²) in [7, 11) is 2.33. The molecule has 2 heteroatoms. The summed E-state index contributed by atoms with van der Waals surface area (Å²) in [5.41, 5.74) is 4.30. The average Bonchev–Trinajstić information content (AvgIpc) is 2.40. The van der Waals surface area contributed by atoms with Crippen LogP contribution in [0.4, 0.5) is 5.69 Å². The normalized spacial score (nSPS) is 22.6. The van der Waals surface area contributed by atoms with Crippen LogP contribution in [0.3, 0.4) is 0 Å². The predicted molar refractivity (Wildman–Crippen MR) is 79.8 cm³/mol. The van der Waals surface area contributed by atoms with Crippen molar-refractivity contribution in [3.8, 4) is 0 Å². The highest BCUT2D eigenvalue weighted by molar-refractivity contribution is 7.99. The molecule has 1 heterocycles. The molecular formula is C16H18NS+. The minimum absolute atomic E-state index is 0.988. The smallest absolute Gasteiger partial charge is 0.135 e. The first-order valence-corrected chi connectivity index (χ1v) is 7.29. The Bertz CT molecular complexity index is 565. The minimum Gasteiger partial charge on any atom is -0.281 e. The molecule has 92 valence electrons. The molecule has 1 atom stereocenters. The maximum atomic E-state index is 2.33. The first-order valence-electron chi connectivity index (χ1n) is 6.30. The summed E-state index contributed by atoms with van der Waals surface area (Å²) in [5, 5.41) is 0. The van der Waals surface area contributed by atoms with Gasteiger partial charge in [0, 0.05) is 10.5 Å². The van der Waals surface area contributed by atoms with Gasteiger partial charge in [0.2, 0.25) is 0 Å². The van der Waals surface area contributed by atoms with Gasteiger partial charge in [-0.2, -0.15) is 0 Å². The Kier molecular flexibility index (Phi) is 2.92. The van der Waals surface area contributed by atoms with Gasteiger partial charge < -0.3 is 0 Å². The lowest BCUT2D eigenvalue weighted by Gasteiger charge is -2.38. The largest absolute Gasteiger partial charge is 0.281 e. The summed E-state index contributed by atoms with van der Waals surface area (Å²) in [4.78, 5) is 1.49. The second kappa shape index (κ2) is 4.45. The monoisotopic (exact) mass is 256 g/mol. The molecule has 0 aromatic heterocycles. The first kappa shape index (κ1) is 11.8. The van der Waals surface area contributed by atoms with E-state index in [4.69, 9.17) is 0 Å². The van der Waals surface area contributed by atoms with Gasteiger partial charge in [-0.1, -0.05) is 48.2 Å². The quantitative estimate of drug-likeness (QED) is 0.689. The lowest BCUT2D eigenvalue weighted by atomic mass is 10.1. The third kappa shape index (κ3) is 1.96. The Balaban J connectivity index is 2.00. The summed E-state index contributed by atoms with van der Waals surface area (Å²) in [6, 6.07) is 17.5. The summed E-state index contributed by atoms with van der Waals surface area (Å²) in [6.07, 6.45) is 0. The number of rotatable bonds is 1. The van der Waals surface area contributed by atoms with Crippen molar-refractivity contribution in [2.45, 2.75) is 18.4 Å². The van der Waals surface area contributed by atoms with Crippen molar-refractivity contribution in [1.82, 2.24) is 4.48 Å². The van der Waals surface area contributed by atoms with Crippen molar-refractivity contribution in [3.05, 3.63) is 59.7 Å². The van der Waals surface area contributed by atoms with Crippen molar-refractivity contribution >= 4 is 17.4 Å². The molecule has 0 amide bonds. The van der Waals surface area contributed by atoms with Crippen LogP contribution in [-0.4, -0.2) is 12.9 Å². The Labute approximate surface area is 113 Å². The van der Waals surface area contributed by atoms with Gasteiger partial charge in [-0.25, -0.2) is 0 Å². The van der Waals surface area contributed by atoms with E-state index >= 15 is 0 Å². The van der Waals surface area contributed by atoms with Crippen LogP contribution in [0.1, 0.15) is 11.1 Å². The zero-order chi connectivity index (χ0) is 12.6. The van der Waals surface area contributed by atoms with Gasteiger partial charge >= 0.3 is 0 Å². The van der Waals surface area contributed by atoms with E-state index in [2.05, 4.69) is 62.5 Å². The number of hydrogen-bond acceptors (Lipinski definition) is 1. The molecule has 1 unspecified atom stereocenters. The molecule has 1 aliphatic rings. The zero-order valence-corrected chi connectivity index (χ0v) is 11.7. The van der Waals surface area contributed by atoms with Gasteiger partial charge in [-0.05, 0) is 24.6 Å². The number of aryl methyl sites for hydroxylation is 1. The predicted octanol–water partition coefficient (Wildman–Crippen LogP) is 4.20. The van der Waals surface area contributed by atoms with Gasteiger partial charge in [0.15, 0.2) is 0 Å². The average molecular weight is 256 g/mol. The Morgan fingerprint density at radius 2 is 1.78 bits per heavy atom. The molecule has 1 aliphatic heterocycles. The summed E-state index contributed by atoms with van der Waals surface area (Å²) in [6.45, 7) is 3.30. The van der Waals surface area contributed by atoms with E-state index in [0.29, 0.717) is 0 Å². The molecular weight excluding hydrogens is 238 g/mol. The second-order valence-corrected chi connectivity index (χ2v) is 6.18. The Morgan fingerprint density at radius 1 is 1.00 bits per heavy atom. The van der Waals surface area contributed by atoms with E-state index in [1.807, 2.05) is 11.8 Å². The zero-order valence-electron chi connectivity index (χ0n) is 10.9. The lowest BCUT2D eigenvalue weighted by molar-refractivity contribution is 0.367. The topological polar surface area (TPSA) is 0 Å². The number of hydrogen-bond donors (Lipinski definition) is 0. The van der Waals surface area contributed by atoms with Crippen LogP contribution in [-0.2, 0) is 6.54 Å². The molecule has 0 saturated heterocycles. The molecule has 0 bridgehead atoms. The highest BCUT2D eigenvalue weighted by atomic mass is 32.2. The van der Waals surface area contributed by atoms with Crippen molar-refractivity contribution in [1.29, 1.82) is 0 Å². The van der Waals surface area contributed by atoms with E-state index in [1.165, 1.54) is 21.7 Å². The molecule has 0 aliphatic carbocycles. The number of benzene rings is 2. The minimum atomic E-state index is 0.988. The third-order valence-electron chi connectivity index (χ3n) is 3.69. The SMILES string of the molecule is Cc1cccc2c1SC[N+](C)(c1ccccc1)C2. The van der Waals surface area contributed by atoms with Crippen molar-refractivity contribution in [2.75, 3.05) is 12.9 Å². The highest BCUT2D eigenvalue weighted by Crippen LogP contribution is 2.38. The molecule has 3 rings (SSSR count). The molecule has 0 spiro atoms. The van der Waals surface area contributed by atoms with Crippen molar-refractivity contribution < 1.29 is 0 Å². The number of para-hydroxylation sites is 1. The molecule has 0 fully saturated rings. The van der Waals surface area contributed by atoms with Crippen LogP contribution in [0.5, 0.6) is 0 Å². The maximum absolute atomic E-state index is 2.33. The van der Waals surface area contributed by atoms with E-state index in [-0.39, 0.29) is 0 Å². The fourth-order valence-corrected chi connectivity index (χ4v) is 3.89. The highest BCUT2D eigenvalue weighted by Gasteiger charge is 2.31. The number of thioether (sulfide) groups is 1. The van der Waals surface area contributed by atoms with E-state index < -0.39 is 0 Å². The Morgan fingerprint density at radius 3 is 2.56 bits per heavy atom. The molecule has 0 N–H and O–H groups in total. The van der Waals surface area contributed by atoms with Gasteiger partial charge in [-0.3, -0.25) is 4.48 Å². The third-order valence-corrected chi connectivity index (χ3v) is 5.26. The van der Waals surface area contributed by atoms with Gasteiger partial charge in [0.25, 0.3) is 0 Å². The van der Waals surface area contributed by atoms with Crippen LogP contribution in [0.2, 0.25) is 0 Å². The fraction of sp³-hybridized carbons (Fsp3) is 0.250. The molecule has 1 nitrogen and oxygen atoms in total. The summed E-state index contributed by atoms with van der Waals surface area (Å²) >= 11 is 1.99. The van der Waals surface area contributed by atoms with Crippen LogP contribution in [0.25, 0.3) is 0 Å². The summed E-state index contributed by atoms with van der Waals surface area (Å²) in [5.74, 6) is 1.11. The molecule has 18 heavy (non-hydrogen) atoms. The first-order chi connectivity index (χ1) is 8.69. The summed E-state index contributed by atoms with van der Waals surface area (Å²) < 4.78 is 0.988. The molecule has 0 radical (unpaired) electrons. The van der Waals surface area contributed by atoms with E-state index in [0.717, 1.165) is 16.9 Å². The maximum Gasteiger partial charge on any atom is 0.135 e. The van der Waals surface area contributed by atoms with E-state index in [9.17, 15) is 0 Å². The Hall–Kier alpha value is -1.25. The van der Waals surface area contributed by atoms with Crippen molar-refractivity contribution in [3.63, 3.8) is 0 Å². The van der Waals surface area contributed by atoms with Crippen LogP contribution >= 0.6 is 11.8 Å². The molecule has 2 aromatic carbocycles. The van der Waals surface area contributed by atoms with Crippen LogP contribution < -0.4 is 4.48 Å². The van der Waals surface area contributed by atoms with Gasteiger partial charge in [0.1, 0.15) is 18.1 Å². The number of fused-ring (bicyclic) bond motifs is 1. The van der Waals surface area contributed by atoms with Gasteiger partial charge in [-0.15, -0.1) is 0 Å². The van der Waals surface area contributed by atoms with Crippen LogP contribution in [0.15, 0.2) is 53.4 Å². The lowest BCUT2D eigenvalue weighted by Crippen LogP contribution is -2.45. The second-order valence-electron chi connectivity index (χ2n) is 5.23. The van der Waals surface area contributed by atoms with E-state index in [1.54, 1.807) is 0 Å². The van der Waals surface area contributed by atoms with Gasteiger partial charge in [0.05, 0.1) is 7.05 Å². The van der Waals surface area contributed by atoms with Crippen LogP contribution in [0, 0.1) is 6.92 Å². The molecule has 0 saturated carbocycles. The standard InChI is InChI=1S/C16H18NS/c1-13-7-6-8-14-11-17(2,12-18-16(13)14)15-9-4-3-5-10-15/h3-10H,11-12H2,1-2H3/q+1. The number of nitrogens with zero attached hydrogens (tertiary/aromatic N) is 1. The fourth-order valence-electron chi connectivity index (χ4n) is 2.63. The van der Waals surface area contributed by atoms with Crippen molar-refractivity contribution in [2.24, 2.45) is 0 Å². The number of quaternary nitrogens is 1. The molecule has 2 aromatic rings.